The lowest BCUT2D eigenvalue weighted by atomic mass is 10.1. The molecule has 0 spiro atoms. The predicted octanol–water partition coefficient (Wildman–Crippen LogP) is 1.91. The third kappa shape index (κ3) is 4.37. The van der Waals surface area contributed by atoms with Gasteiger partial charge in [-0.15, -0.1) is 6.58 Å². The van der Waals surface area contributed by atoms with Gasteiger partial charge >= 0.3 is 0 Å². The first kappa shape index (κ1) is 15.2. The van der Waals surface area contributed by atoms with Crippen LogP contribution in [0.2, 0.25) is 0 Å². The Hall–Kier alpha value is -1.88. The van der Waals surface area contributed by atoms with Gasteiger partial charge in [0.1, 0.15) is 0 Å². The molecule has 1 unspecified atom stereocenters. The molecule has 0 aliphatic rings. The summed E-state index contributed by atoms with van der Waals surface area (Å²) >= 11 is 0. The number of nitrogens with one attached hydrogen (secondary N) is 1. The van der Waals surface area contributed by atoms with Crippen LogP contribution in [0.3, 0.4) is 0 Å². The van der Waals surface area contributed by atoms with Crippen molar-refractivity contribution in [3.63, 3.8) is 0 Å². The van der Waals surface area contributed by atoms with E-state index in [0.29, 0.717) is 12.1 Å². The van der Waals surface area contributed by atoms with Gasteiger partial charge in [0.05, 0.1) is 0 Å². The van der Waals surface area contributed by atoms with Crippen molar-refractivity contribution in [1.82, 2.24) is 5.32 Å². The fraction of sp³-hybridized carbons (Fsp3) is 0.357. The van der Waals surface area contributed by atoms with Crippen LogP contribution in [-0.4, -0.2) is 18.6 Å². The van der Waals surface area contributed by atoms with E-state index in [1.54, 1.807) is 26.0 Å². The number of ether oxygens (including phenoxy) is 1. The van der Waals surface area contributed by atoms with Crippen molar-refractivity contribution in [3.05, 3.63) is 42.2 Å². The van der Waals surface area contributed by atoms with Crippen LogP contribution in [0.15, 0.2) is 30.9 Å². The number of carbonyl (C=O) groups is 1. The van der Waals surface area contributed by atoms with E-state index < -0.39 is 11.9 Å². The summed E-state index contributed by atoms with van der Waals surface area (Å²) in [6.07, 6.45) is 0.776. The largest absolute Gasteiger partial charge is 0.478 e. The van der Waals surface area contributed by atoms with E-state index in [0.717, 1.165) is 0 Å². The van der Waals surface area contributed by atoms with Crippen LogP contribution in [0, 0.1) is 5.82 Å². The molecule has 0 radical (unpaired) electrons. The molecular formula is C14H19FN2O2. The second kappa shape index (κ2) is 6.89. The Bertz CT molecular complexity index is 461. The zero-order chi connectivity index (χ0) is 14.4. The van der Waals surface area contributed by atoms with Crippen LogP contribution in [-0.2, 0) is 4.79 Å². The van der Waals surface area contributed by atoms with Gasteiger partial charge in [0, 0.05) is 12.6 Å². The molecule has 5 heteroatoms. The van der Waals surface area contributed by atoms with Gasteiger partial charge in [-0.1, -0.05) is 12.1 Å². The maximum atomic E-state index is 13.8. The van der Waals surface area contributed by atoms with E-state index in [-0.39, 0.29) is 17.7 Å². The third-order valence-electron chi connectivity index (χ3n) is 2.58. The molecule has 1 amide bonds. The van der Waals surface area contributed by atoms with Gasteiger partial charge in [-0.25, -0.2) is 4.39 Å². The van der Waals surface area contributed by atoms with Crippen molar-refractivity contribution in [2.75, 3.05) is 6.54 Å². The minimum Gasteiger partial charge on any atom is -0.478 e. The predicted molar refractivity (Wildman–Crippen MR) is 72.3 cm³/mol. The Labute approximate surface area is 112 Å². The Morgan fingerprint density at radius 2 is 2.26 bits per heavy atom. The standard InChI is InChI=1S/C14H19FN2O2/c1-4-7-17-14(18)10(3)19-13-6-5-11(9(2)16)8-12(13)15/h4-6,8-10H,1,7,16H2,2-3H3,(H,17,18)/t9-,10?/m0/s1. The summed E-state index contributed by atoms with van der Waals surface area (Å²) in [7, 11) is 0. The molecule has 0 bridgehead atoms. The van der Waals surface area contributed by atoms with Crippen LogP contribution in [0.25, 0.3) is 0 Å². The second-order valence-corrected chi connectivity index (χ2v) is 4.27. The van der Waals surface area contributed by atoms with Crippen molar-refractivity contribution < 1.29 is 13.9 Å². The van der Waals surface area contributed by atoms with Crippen molar-refractivity contribution in [2.45, 2.75) is 26.0 Å². The average molecular weight is 266 g/mol. The van der Waals surface area contributed by atoms with E-state index in [1.165, 1.54) is 12.1 Å². The van der Waals surface area contributed by atoms with Gasteiger partial charge in [0.2, 0.25) is 0 Å². The van der Waals surface area contributed by atoms with Gasteiger partial charge in [-0.3, -0.25) is 4.79 Å². The summed E-state index contributed by atoms with van der Waals surface area (Å²) in [5, 5.41) is 2.58. The summed E-state index contributed by atoms with van der Waals surface area (Å²) in [6, 6.07) is 4.22. The fourth-order valence-electron chi connectivity index (χ4n) is 1.46. The summed E-state index contributed by atoms with van der Waals surface area (Å²) in [6.45, 7) is 7.15. The highest BCUT2D eigenvalue weighted by Crippen LogP contribution is 2.22. The molecule has 19 heavy (non-hydrogen) atoms. The lowest BCUT2D eigenvalue weighted by Gasteiger charge is -2.15. The van der Waals surface area contributed by atoms with Crippen molar-refractivity contribution in [2.24, 2.45) is 5.73 Å². The molecule has 0 heterocycles. The highest BCUT2D eigenvalue weighted by Gasteiger charge is 2.16. The first-order chi connectivity index (χ1) is 8.95. The Morgan fingerprint density at radius 1 is 1.58 bits per heavy atom. The Kier molecular flexibility index (Phi) is 5.51. The Morgan fingerprint density at radius 3 is 2.79 bits per heavy atom. The molecule has 1 rings (SSSR count). The van der Waals surface area contributed by atoms with Crippen LogP contribution in [0.1, 0.15) is 25.5 Å². The smallest absolute Gasteiger partial charge is 0.261 e. The van der Waals surface area contributed by atoms with Gasteiger partial charge in [0.25, 0.3) is 5.91 Å². The summed E-state index contributed by atoms with van der Waals surface area (Å²) in [5.74, 6) is -0.820. The minimum absolute atomic E-state index is 0.0330. The van der Waals surface area contributed by atoms with Crippen LogP contribution >= 0.6 is 0 Å². The number of halogens is 1. The average Bonchev–Trinajstić information content (AvgIpc) is 2.37. The SMILES string of the molecule is C=CCNC(=O)C(C)Oc1ccc([C@H](C)N)cc1F. The van der Waals surface area contributed by atoms with Gasteiger partial charge in [0.15, 0.2) is 17.7 Å². The zero-order valence-electron chi connectivity index (χ0n) is 11.2. The lowest BCUT2D eigenvalue weighted by molar-refractivity contribution is -0.127. The molecule has 0 saturated heterocycles. The number of carbonyl (C=O) groups excluding carboxylic acids is 1. The molecule has 1 aromatic rings. The summed E-state index contributed by atoms with van der Waals surface area (Å²) in [4.78, 5) is 11.6. The number of benzene rings is 1. The number of nitrogens with two attached hydrogens (primary N) is 1. The highest BCUT2D eigenvalue weighted by atomic mass is 19.1. The number of amides is 1. The first-order valence-corrected chi connectivity index (χ1v) is 6.06. The summed E-state index contributed by atoms with van der Waals surface area (Å²) < 4.78 is 19.0. The summed E-state index contributed by atoms with van der Waals surface area (Å²) in [5.41, 5.74) is 6.33. The van der Waals surface area contributed by atoms with E-state index in [9.17, 15) is 9.18 Å². The molecule has 2 atom stereocenters. The molecule has 0 fully saturated rings. The lowest BCUT2D eigenvalue weighted by Crippen LogP contribution is -2.36. The third-order valence-corrected chi connectivity index (χ3v) is 2.58. The molecule has 3 N–H and O–H groups in total. The quantitative estimate of drug-likeness (QED) is 0.773. The minimum atomic E-state index is -0.782. The second-order valence-electron chi connectivity index (χ2n) is 4.27. The molecule has 4 nitrogen and oxygen atoms in total. The molecule has 104 valence electrons. The highest BCUT2D eigenvalue weighted by molar-refractivity contribution is 5.80. The fourth-order valence-corrected chi connectivity index (χ4v) is 1.46. The molecule has 0 aromatic heterocycles. The van der Waals surface area contributed by atoms with Crippen molar-refractivity contribution in [1.29, 1.82) is 0 Å². The van der Waals surface area contributed by atoms with Crippen molar-refractivity contribution in [3.8, 4) is 5.75 Å². The molecule has 1 aromatic carbocycles. The monoisotopic (exact) mass is 266 g/mol. The Balaban J connectivity index is 2.71. The topological polar surface area (TPSA) is 64.3 Å². The van der Waals surface area contributed by atoms with E-state index in [4.69, 9.17) is 10.5 Å². The van der Waals surface area contributed by atoms with E-state index in [2.05, 4.69) is 11.9 Å². The van der Waals surface area contributed by atoms with Crippen molar-refractivity contribution >= 4 is 5.91 Å². The first-order valence-electron chi connectivity index (χ1n) is 6.06. The maximum absolute atomic E-state index is 13.8. The number of hydrogen-bond acceptors (Lipinski definition) is 3. The molecular weight excluding hydrogens is 247 g/mol. The number of hydrogen-bond donors (Lipinski definition) is 2. The van der Waals surface area contributed by atoms with Crippen LogP contribution in [0.5, 0.6) is 5.75 Å². The maximum Gasteiger partial charge on any atom is 0.261 e. The van der Waals surface area contributed by atoms with Crippen LogP contribution in [0.4, 0.5) is 4.39 Å². The molecule has 0 saturated carbocycles. The molecule has 0 aliphatic heterocycles. The van der Waals surface area contributed by atoms with Gasteiger partial charge < -0.3 is 15.8 Å². The van der Waals surface area contributed by atoms with Gasteiger partial charge in [-0.05, 0) is 31.5 Å². The van der Waals surface area contributed by atoms with Crippen LogP contribution < -0.4 is 15.8 Å². The van der Waals surface area contributed by atoms with Gasteiger partial charge in [-0.2, -0.15) is 0 Å². The van der Waals surface area contributed by atoms with E-state index in [1.807, 2.05) is 0 Å². The molecule has 0 aliphatic carbocycles. The normalized spacial score (nSPS) is 13.5. The van der Waals surface area contributed by atoms with E-state index >= 15 is 0 Å². The zero-order valence-corrected chi connectivity index (χ0v) is 11.2. The number of rotatable bonds is 6.